The molecule has 8 nitrogen and oxygen atoms in total. The van der Waals surface area contributed by atoms with E-state index in [-0.39, 0.29) is 11.6 Å². The fourth-order valence-corrected chi connectivity index (χ4v) is 3.66. The van der Waals surface area contributed by atoms with Crippen LogP contribution in [0.3, 0.4) is 0 Å². The maximum Gasteiger partial charge on any atom is 0.278 e. The van der Waals surface area contributed by atoms with Crippen LogP contribution in [0.1, 0.15) is 19.9 Å². The molecule has 3 aromatic rings. The van der Waals surface area contributed by atoms with E-state index in [2.05, 4.69) is 19.7 Å². The lowest BCUT2D eigenvalue weighted by Crippen LogP contribution is -2.25. The first-order valence-electron chi connectivity index (χ1n) is 8.06. The number of nitrogens with zero attached hydrogens (tertiary/aromatic N) is 5. The molecular formula is C16H22N6O2S2. The summed E-state index contributed by atoms with van der Waals surface area (Å²) in [4.78, 5) is 26.1. The highest BCUT2D eigenvalue weighted by molar-refractivity contribution is 8.02. The minimum atomic E-state index is -2.50. The number of hydrogen-bond acceptors (Lipinski definition) is 6. The highest BCUT2D eigenvalue weighted by Crippen LogP contribution is 2.20. The Labute approximate surface area is 156 Å². The molecule has 3 rings (SSSR count). The summed E-state index contributed by atoms with van der Waals surface area (Å²) >= 11 is 1.41. The van der Waals surface area contributed by atoms with Gasteiger partial charge in [-0.3, -0.25) is 9.00 Å². The molecule has 0 aromatic carbocycles. The average molecular weight is 395 g/mol. The van der Waals surface area contributed by atoms with Crippen LogP contribution in [0.25, 0.3) is 16.9 Å². The highest BCUT2D eigenvalue weighted by Gasteiger charge is 2.20. The van der Waals surface area contributed by atoms with Crippen molar-refractivity contribution in [1.82, 2.24) is 24.3 Å². The van der Waals surface area contributed by atoms with Gasteiger partial charge in [0.15, 0.2) is 16.6 Å². The van der Waals surface area contributed by atoms with E-state index in [0.717, 1.165) is 0 Å². The second kappa shape index (κ2) is 6.84. The summed E-state index contributed by atoms with van der Waals surface area (Å²) in [7, 11) is -2.50. The lowest BCUT2D eigenvalue weighted by molar-refractivity contribution is 0.471. The van der Waals surface area contributed by atoms with Gasteiger partial charge in [-0.05, 0) is 42.4 Å². The van der Waals surface area contributed by atoms with Gasteiger partial charge in [0.1, 0.15) is 11.2 Å². The quantitative estimate of drug-likeness (QED) is 0.390. The summed E-state index contributed by atoms with van der Waals surface area (Å²) < 4.78 is 18.3. The molecule has 3 aromatic heterocycles. The Balaban J connectivity index is 2.30. The largest absolute Gasteiger partial charge is 0.312 e. The van der Waals surface area contributed by atoms with Crippen LogP contribution < -0.4 is 10.3 Å². The van der Waals surface area contributed by atoms with Crippen molar-refractivity contribution in [3.8, 4) is 5.82 Å². The first kappa shape index (κ1) is 18.6. The van der Waals surface area contributed by atoms with Crippen LogP contribution in [0.5, 0.6) is 0 Å². The van der Waals surface area contributed by atoms with Gasteiger partial charge in [0.25, 0.3) is 5.56 Å². The van der Waals surface area contributed by atoms with Crippen LogP contribution >= 0.6 is 11.8 Å². The van der Waals surface area contributed by atoms with E-state index in [1.54, 1.807) is 46.3 Å². The van der Waals surface area contributed by atoms with Crippen LogP contribution in [0.2, 0.25) is 0 Å². The number of hydrogen-bond donors (Lipinski definition) is 2. The molecule has 140 valence electrons. The van der Waals surface area contributed by atoms with E-state index in [1.807, 2.05) is 20.1 Å². The van der Waals surface area contributed by atoms with Gasteiger partial charge in [0.2, 0.25) is 0 Å². The third kappa shape index (κ3) is 3.51. The van der Waals surface area contributed by atoms with Crippen LogP contribution in [0.15, 0.2) is 34.3 Å². The van der Waals surface area contributed by atoms with Gasteiger partial charge in [-0.25, -0.2) is 24.3 Å². The van der Waals surface area contributed by atoms with Gasteiger partial charge < -0.3 is 4.72 Å². The number of fused-ring (bicyclic) bond motifs is 1. The van der Waals surface area contributed by atoms with Gasteiger partial charge in [0.05, 0.1) is 0 Å². The average Bonchev–Trinajstić information content (AvgIpc) is 2.86. The SMILES string of the molecule is CSc1ncc2c(=O)n(C(C)C)n(-c3cccc(N[SH](C)(C)=O)n3)c2n1. The number of anilines is 1. The molecule has 0 radical (unpaired) electrons. The molecule has 0 atom stereocenters. The minimum Gasteiger partial charge on any atom is -0.312 e. The summed E-state index contributed by atoms with van der Waals surface area (Å²) in [6.45, 7) is 3.85. The summed E-state index contributed by atoms with van der Waals surface area (Å²) in [5.74, 6) is 1.01. The number of thiol groups is 1. The Hall–Kier alpha value is -2.20. The van der Waals surface area contributed by atoms with Gasteiger partial charge >= 0.3 is 0 Å². The molecule has 0 bridgehead atoms. The molecular weight excluding hydrogens is 372 g/mol. The summed E-state index contributed by atoms with van der Waals surface area (Å²) in [6.07, 6.45) is 6.70. The molecule has 0 aliphatic heterocycles. The predicted molar refractivity (Wildman–Crippen MR) is 108 cm³/mol. The molecule has 0 unspecified atom stereocenters. The van der Waals surface area contributed by atoms with E-state index in [1.165, 1.54) is 11.8 Å². The zero-order valence-corrected chi connectivity index (χ0v) is 17.0. The first-order chi connectivity index (χ1) is 12.2. The molecule has 1 N–H and O–H groups in total. The number of thioether (sulfide) groups is 1. The Morgan fingerprint density at radius 2 is 1.96 bits per heavy atom. The van der Waals surface area contributed by atoms with Crippen molar-refractivity contribution in [1.29, 1.82) is 0 Å². The van der Waals surface area contributed by atoms with Crippen molar-refractivity contribution in [2.45, 2.75) is 25.0 Å². The zero-order valence-electron chi connectivity index (χ0n) is 15.3. The molecule has 0 fully saturated rings. The van der Waals surface area contributed by atoms with Gasteiger partial charge in [-0.2, -0.15) is 0 Å². The number of rotatable bonds is 5. The summed E-state index contributed by atoms with van der Waals surface area (Å²) in [5, 5.41) is 1.02. The van der Waals surface area contributed by atoms with Crippen molar-refractivity contribution >= 4 is 38.7 Å². The van der Waals surface area contributed by atoms with Crippen LogP contribution in [-0.4, -0.2) is 47.3 Å². The van der Waals surface area contributed by atoms with Crippen molar-refractivity contribution in [2.75, 3.05) is 23.5 Å². The zero-order chi connectivity index (χ0) is 19.1. The monoisotopic (exact) mass is 394 g/mol. The number of nitrogens with one attached hydrogen (secondary N) is 1. The Bertz CT molecular complexity index is 1070. The molecule has 26 heavy (non-hydrogen) atoms. The number of aromatic nitrogens is 5. The molecule has 0 spiro atoms. The van der Waals surface area contributed by atoms with E-state index in [4.69, 9.17) is 0 Å². The third-order valence-corrected chi connectivity index (χ3v) is 4.94. The van der Waals surface area contributed by atoms with Crippen molar-refractivity contribution in [2.24, 2.45) is 0 Å². The molecule has 0 saturated carbocycles. The Kier molecular flexibility index (Phi) is 4.89. The minimum absolute atomic E-state index is 0.101. The predicted octanol–water partition coefficient (Wildman–Crippen LogP) is 1.88. The van der Waals surface area contributed by atoms with Gasteiger partial charge in [0, 0.05) is 24.8 Å². The molecule has 10 heteroatoms. The molecule has 0 amide bonds. The van der Waals surface area contributed by atoms with Crippen molar-refractivity contribution in [3.05, 3.63) is 34.7 Å². The Morgan fingerprint density at radius 1 is 1.23 bits per heavy atom. The van der Waals surface area contributed by atoms with E-state index in [9.17, 15) is 9.00 Å². The maximum atomic E-state index is 12.8. The van der Waals surface area contributed by atoms with Crippen LogP contribution in [0, 0.1) is 0 Å². The fraction of sp³-hybridized carbons (Fsp3) is 0.375. The first-order valence-corrected chi connectivity index (χ1v) is 11.9. The summed E-state index contributed by atoms with van der Waals surface area (Å²) in [6, 6.07) is 5.24. The Morgan fingerprint density at radius 3 is 2.58 bits per heavy atom. The van der Waals surface area contributed by atoms with Crippen LogP contribution in [0.4, 0.5) is 5.82 Å². The van der Waals surface area contributed by atoms with Crippen molar-refractivity contribution in [3.63, 3.8) is 0 Å². The molecule has 3 heterocycles. The number of pyridine rings is 1. The standard InChI is InChI=1S/C16H22N6O2S2/c1-10(2)21-15(23)11-9-17-16(25-3)19-14(11)22(21)13-8-6-7-12(18-13)20-26(4,5)24/h6-10,26H,1-5H3,(H,18,20,24). The highest BCUT2D eigenvalue weighted by atomic mass is 32.3. The van der Waals surface area contributed by atoms with E-state index in [0.29, 0.717) is 27.8 Å². The maximum absolute atomic E-state index is 12.8. The molecule has 0 saturated heterocycles. The second-order valence-electron chi connectivity index (χ2n) is 6.49. The molecule has 0 aliphatic carbocycles. The van der Waals surface area contributed by atoms with Crippen LogP contribution in [-0.2, 0) is 10.1 Å². The van der Waals surface area contributed by atoms with Gasteiger partial charge in [-0.15, -0.1) is 0 Å². The lowest BCUT2D eigenvalue weighted by Gasteiger charge is -2.18. The van der Waals surface area contributed by atoms with E-state index >= 15 is 0 Å². The third-order valence-electron chi connectivity index (χ3n) is 3.61. The van der Waals surface area contributed by atoms with Crippen molar-refractivity contribution < 1.29 is 4.21 Å². The summed E-state index contributed by atoms with van der Waals surface area (Å²) in [5.41, 5.74) is 0.336. The second-order valence-corrected chi connectivity index (χ2v) is 10.2. The fourth-order valence-electron chi connectivity index (χ4n) is 2.65. The lowest BCUT2D eigenvalue weighted by atomic mass is 10.4. The van der Waals surface area contributed by atoms with Gasteiger partial charge in [-0.1, -0.05) is 17.8 Å². The topological polar surface area (TPSA) is 94.7 Å². The smallest absolute Gasteiger partial charge is 0.278 e. The van der Waals surface area contributed by atoms with E-state index < -0.39 is 10.1 Å². The normalized spacial score (nSPS) is 12.7. The molecule has 0 aliphatic rings.